The third-order valence-electron chi connectivity index (χ3n) is 5.14. The molecule has 5 rings (SSSR count). The first kappa shape index (κ1) is 19.1. The normalized spacial score (nSPS) is 13.2. The second kappa shape index (κ2) is 7.41. The number of hydrogen-bond acceptors (Lipinski definition) is 6. The summed E-state index contributed by atoms with van der Waals surface area (Å²) in [5.41, 5.74) is 3.12. The molecule has 2 aromatic carbocycles. The molecule has 3 heterocycles. The highest BCUT2D eigenvalue weighted by Crippen LogP contribution is 2.38. The van der Waals surface area contributed by atoms with Gasteiger partial charge in [0.2, 0.25) is 0 Å². The molecule has 0 saturated heterocycles. The second-order valence-corrected chi connectivity index (χ2v) is 7.37. The van der Waals surface area contributed by atoms with Crippen LogP contribution in [0.25, 0.3) is 16.6 Å². The molecule has 2 N–H and O–H groups in total. The van der Waals surface area contributed by atoms with E-state index in [9.17, 15) is 10.1 Å². The van der Waals surface area contributed by atoms with Crippen LogP contribution in [-0.4, -0.2) is 20.8 Å². The molecule has 0 radical (unpaired) electrons. The zero-order valence-electron chi connectivity index (χ0n) is 16.3. The van der Waals surface area contributed by atoms with Crippen molar-refractivity contribution in [1.29, 1.82) is 0 Å². The number of H-pyrrole nitrogens is 1. The molecule has 0 atom stereocenters. The van der Waals surface area contributed by atoms with Gasteiger partial charge in [-0.1, -0.05) is 36.7 Å². The predicted octanol–water partition coefficient (Wildman–Crippen LogP) is 5.54. The Morgan fingerprint density at radius 2 is 2.03 bits per heavy atom. The highest BCUT2D eigenvalue weighted by molar-refractivity contribution is 6.36. The monoisotopic (exact) mass is 433 g/mol. The zero-order valence-corrected chi connectivity index (χ0v) is 17.1. The topological polar surface area (TPSA) is 109 Å². The minimum absolute atomic E-state index is 0.0949. The van der Waals surface area contributed by atoms with E-state index in [0.717, 1.165) is 12.2 Å². The number of non-ortho nitro benzene ring substituents is 1. The van der Waals surface area contributed by atoms with E-state index < -0.39 is 4.92 Å². The Bertz CT molecular complexity index is 1400. The minimum Gasteiger partial charge on any atom is -0.459 e. The highest BCUT2D eigenvalue weighted by atomic mass is 35.5. The van der Waals surface area contributed by atoms with Gasteiger partial charge in [-0.25, -0.2) is 4.99 Å². The van der Waals surface area contributed by atoms with Crippen LogP contribution >= 0.6 is 11.6 Å². The molecule has 31 heavy (non-hydrogen) atoms. The van der Waals surface area contributed by atoms with Crippen LogP contribution in [0.5, 0.6) is 0 Å². The zero-order chi connectivity index (χ0) is 21.5. The van der Waals surface area contributed by atoms with Crippen LogP contribution in [0, 0.1) is 10.1 Å². The van der Waals surface area contributed by atoms with Crippen molar-refractivity contribution < 1.29 is 9.34 Å². The number of aryl methyl sites for hydroxylation is 1. The standard InChI is InChI=1S/C22H16ClN5O3/c1-2-12-7-8-19(31-12)17-11-24-20-14(21(26-17)13-5-3-4-6-16(13)23)9-18(28(29)30)22-15(20)10-25-27-22/h3-11,24H,2H2,1H3,(H,25,27). The van der Waals surface area contributed by atoms with Crippen molar-refractivity contribution in [3.63, 3.8) is 0 Å². The molecule has 0 bridgehead atoms. The molecular weight excluding hydrogens is 418 g/mol. The van der Waals surface area contributed by atoms with Gasteiger partial charge in [-0.15, -0.1) is 0 Å². The van der Waals surface area contributed by atoms with Gasteiger partial charge in [0.1, 0.15) is 17.0 Å². The SMILES string of the molecule is CCc1ccc(C2=CNc3c(cc([N+](=O)[O-])c4[nH]ncc34)C(c3ccccc3Cl)=N2)o1. The molecule has 0 saturated carbocycles. The van der Waals surface area contributed by atoms with Crippen LogP contribution in [0.15, 0.2) is 64.3 Å². The van der Waals surface area contributed by atoms with Gasteiger partial charge in [0.15, 0.2) is 5.76 Å². The quantitative estimate of drug-likeness (QED) is 0.324. The number of nitrogens with one attached hydrogen (secondary N) is 2. The molecule has 2 aromatic heterocycles. The van der Waals surface area contributed by atoms with Crippen LogP contribution < -0.4 is 5.32 Å². The molecule has 4 aromatic rings. The first-order chi connectivity index (χ1) is 15.1. The molecule has 0 spiro atoms. The van der Waals surface area contributed by atoms with Crippen molar-refractivity contribution >= 4 is 45.3 Å². The molecule has 9 heteroatoms. The van der Waals surface area contributed by atoms with Crippen molar-refractivity contribution in [1.82, 2.24) is 10.2 Å². The van der Waals surface area contributed by atoms with E-state index in [-0.39, 0.29) is 5.69 Å². The van der Waals surface area contributed by atoms with E-state index in [0.29, 0.717) is 49.9 Å². The van der Waals surface area contributed by atoms with E-state index in [1.54, 1.807) is 18.5 Å². The van der Waals surface area contributed by atoms with Gasteiger partial charge in [0.05, 0.1) is 27.9 Å². The molecule has 154 valence electrons. The molecule has 8 nitrogen and oxygen atoms in total. The lowest BCUT2D eigenvalue weighted by molar-refractivity contribution is -0.383. The fraction of sp³-hybridized carbons (Fsp3) is 0.0909. The first-order valence-corrected chi connectivity index (χ1v) is 9.99. The van der Waals surface area contributed by atoms with Crippen molar-refractivity contribution in [3.05, 3.63) is 92.6 Å². The Balaban J connectivity index is 1.81. The molecule has 0 aliphatic carbocycles. The number of anilines is 1. The van der Waals surface area contributed by atoms with E-state index in [4.69, 9.17) is 21.0 Å². The fourth-order valence-electron chi connectivity index (χ4n) is 3.63. The summed E-state index contributed by atoms with van der Waals surface area (Å²) in [5, 5.41) is 22.8. The van der Waals surface area contributed by atoms with Crippen LogP contribution in [-0.2, 0) is 6.42 Å². The average Bonchev–Trinajstić information content (AvgIpc) is 3.40. The number of halogens is 1. The lowest BCUT2D eigenvalue weighted by Crippen LogP contribution is -2.07. The number of nitrogens with zero attached hydrogens (tertiary/aromatic N) is 3. The van der Waals surface area contributed by atoms with Gasteiger partial charge in [-0.3, -0.25) is 15.2 Å². The van der Waals surface area contributed by atoms with Crippen LogP contribution in [0.3, 0.4) is 0 Å². The van der Waals surface area contributed by atoms with Gasteiger partial charge in [-0.2, -0.15) is 5.10 Å². The number of aromatic amines is 1. The number of nitro groups is 1. The summed E-state index contributed by atoms with van der Waals surface area (Å²) >= 11 is 6.50. The maximum atomic E-state index is 11.8. The van der Waals surface area contributed by atoms with Crippen molar-refractivity contribution in [2.45, 2.75) is 13.3 Å². The summed E-state index contributed by atoms with van der Waals surface area (Å²) in [7, 11) is 0. The number of furan rings is 1. The van der Waals surface area contributed by atoms with E-state index in [1.807, 2.05) is 37.3 Å². The number of aliphatic imine (C=N–C) groups is 1. The maximum Gasteiger partial charge on any atom is 0.295 e. The summed E-state index contributed by atoms with van der Waals surface area (Å²) in [4.78, 5) is 16.2. The number of nitro benzene ring substituents is 1. The third-order valence-corrected chi connectivity index (χ3v) is 5.47. The average molecular weight is 434 g/mol. The number of aromatic nitrogens is 2. The molecule has 1 aliphatic rings. The lowest BCUT2D eigenvalue weighted by Gasteiger charge is -2.12. The van der Waals surface area contributed by atoms with Crippen LogP contribution in [0.2, 0.25) is 5.02 Å². The van der Waals surface area contributed by atoms with E-state index in [1.165, 1.54) is 6.07 Å². The van der Waals surface area contributed by atoms with Crippen molar-refractivity contribution in [2.24, 2.45) is 4.99 Å². The van der Waals surface area contributed by atoms with E-state index in [2.05, 4.69) is 15.5 Å². The molecule has 0 fully saturated rings. The predicted molar refractivity (Wildman–Crippen MR) is 120 cm³/mol. The number of rotatable bonds is 4. The highest BCUT2D eigenvalue weighted by Gasteiger charge is 2.26. The summed E-state index contributed by atoms with van der Waals surface area (Å²) in [6.45, 7) is 2.01. The fourth-order valence-corrected chi connectivity index (χ4v) is 3.85. The molecular formula is C22H16ClN5O3. The maximum absolute atomic E-state index is 11.8. The smallest absolute Gasteiger partial charge is 0.295 e. The summed E-state index contributed by atoms with van der Waals surface area (Å²) in [6.07, 6.45) is 4.03. The first-order valence-electron chi connectivity index (χ1n) is 9.61. The molecule has 0 unspecified atom stereocenters. The van der Waals surface area contributed by atoms with Gasteiger partial charge >= 0.3 is 0 Å². The van der Waals surface area contributed by atoms with Gasteiger partial charge in [-0.05, 0) is 18.2 Å². The number of hydrogen-bond donors (Lipinski definition) is 2. The summed E-state index contributed by atoms with van der Waals surface area (Å²) < 4.78 is 5.90. The Kier molecular flexibility index (Phi) is 4.56. The number of fused-ring (bicyclic) bond motifs is 3. The van der Waals surface area contributed by atoms with Crippen LogP contribution in [0.4, 0.5) is 11.4 Å². The van der Waals surface area contributed by atoms with Gasteiger partial charge in [0.25, 0.3) is 5.69 Å². The molecule has 1 aliphatic heterocycles. The minimum atomic E-state index is -0.440. The van der Waals surface area contributed by atoms with E-state index >= 15 is 0 Å². The second-order valence-electron chi connectivity index (χ2n) is 6.97. The van der Waals surface area contributed by atoms with Crippen LogP contribution in [0.1, 0.15) is 29.6 Å². The Morgan fingerprint density at radius 3 is 2.77 bits per heavy atom. The largest absolute Gasteiger partial charge is 0.459 e. The Labute approximate surface area is 181 Å². The summed E-state index contributed by atoms with van der Waals surface area (Å²) in [5.74, 6) is 1.42. The molecule has 0 amide bonds. The lowest BCUT2D eigenvalue weighted by atomic mass is 9.97. The van der Waals surface area contributed by atoms with Crippen molar-refractivity contribution in [3.8, 4) is 0 Å². The number of benzene rings is 2. The van der Waals surface area contributed by atoms with Gasteiger partial charge in [0, 0.05) is 34.8 Å². The Morgan fingerprint density at radius 1 is 1.19 bits per heavy atom. The Hall–Kier alpha value is -3.91. The van der Waals surface area contributed by atoms with Crippen molar-refractivity contribution in [2.75, 3.05) is 5.32 Å². The summed E-state index contributed by atoms with van der Waals surface area (Å²) in [6, 6.07) is 12.5. The third kappa shape index (κ3) is 3.17. The van der Waals surface area contributed by atoms with Gasteiger partial charge < -0.3 is 9.73 Å².